The maximum atomic E-state index is 14.1. The van der Waals surface area contributed by atoms with Crippen LogP contribution in [0.25, 0.3) is 5.52 Å². The summed E-state index contributed by atoms with van der Waals surface area (Å²) in [5.41, 5.74) is 6.63. The van der Waals surface area contributed by atoms with Crippen molar-refractivity contribution in [1.29, 1.82) is 0 Å². The molecule has 0 spiro atoms. The van der Waals surface area contributed by atoms with E-state index in [1.54, 1.807) is 42.9 Å². The van der Waals surface area contributed by atoms with Crippen LogP contribution in [-0.4, -0.2) is 14.2 Å². The molecule has 0 bridgehead atoms. The van der Waals surface area contributed by atoms with Crippen molar-refractivity contribution in [3.05, 3.63) is 70.2 Å². The zero-order valence-electron chi connectivity index (χ0n) is 10.7. The number of benzene rings is 1. The van der Waals surface area contributed by atoms with Gasteiger partial charge in [0.25, 0.3) is 5.56 Å². The van der Waals surface area contributed by atoms with Crippen LogP contribution in [0.2, 0.25) is 0 Å². The van der Waals surface area contributed by atoms with Gasteiger partial charge in [-0.1, -0.05) is 18.2 Å². The molecular formula is C14H13FN4O. The van der Waals surface area contributed by atoms with Crippen molar-refractivity contribution in [3.8, 4) is 0 Å². The number of aromatic nitrogens is 3. The second-order valence-corrected chi connectivity index (χ2v) is 4.49. The summed E-state index contributed by atoms with van der Waals surface area (Å²) in [5, 5.41) is 3.99. The summed E-state index contributed by atoms with van der Waals surface area (Å²) in [6, 6.07) is 6.66. The number of fused-ring (bicyclic) bond motifs is 1. The molecule has 0 aliphatic heterocycles. The van der Waals surface area contributed by atoms with E-state index in [-0.39, 0.29) is 24.5 Å². The Hall–Kier alpha value is -2.47. The first kappa shape index (κ1) is 12.6. The summed E-state index contributed by atoms with van der Waals surface area (Å²) in [5.74, 6) is -0.352. The van der Waals surface area contributed by atoms with Gasteiger partial charge in [-0.05, 0) is 6.07 Å². The van der Waals surface area contributed by atoms with Crippen molar-refractivity contribution >= 4 is 5.52 Å². The monoisotopic (exact) mass is 272 g/mol. The molecule has 102 valence electrons. The van der Waals surface area contributed by atoms with Gasteiger partial charge in [0.05, 0.1) is 12.7 Å². The van der Waals surface area contributed by atoms with Crippen LogP contribution in [0.15, 0.2) is 47.7 Å². The molecule has 3 rings (SSSR count). The van der Waals surface area contributed by atoms with Crippen LogP contribution in [-0.2, 0) is 13.1 Å². The molecule has 0 atom stereocenters. The topological polar surface area (TPSA) is 65.3 Å². The Balaban J connectivity index is 2.05. The van der Waals surface area contributed by atoms with E-state index in [0.717, 1.165) is 0 Å². The molecule has 20 heavy (non-hydrogen) atoms. The highest BCUT2D eigenvalue weighted by Gasteiger charge is 2.09. The van der Waals surface area contributed by atoms with Gasteiger partial charge in [-0.3, -0.25) is 4.79 Å². The Labute approximate surface area is 114 Å². The van der Waals surface area contributed by atoms with Crippen LogP contribution in [0.4, 0.5) is 4.39 Å². The molecule has 0 radical (unpaired) electrons. The van der Waals surface area contributed by atoms with Crippen molar-refractivity contribution in [1.82, 2.24) is 14.2 Å². The molecule has 0 unspecified atom stereocenters. The minimum atomic E-state index is -0.352. The number of hydrogen-bond donors (Lipinski definition) is 1. The fourth-order valence-electron chi connectivity index (χ4n) is 2.18. The average molecular weight is 272 g/mol. The summed E-state index contributed by atoms with van der Waals surface area (Å²) in [4.78, 5) is 12.2. The lowest BCUT2D eigenvalue weighted by Gasteiger charge is -2.09. The first-order chi connectivity index (χ1) is 9.70. The molecule has 0 amide bonds. The Bertz CT molecular complexity index is 821. The lowest BCUT2D eigenvalue weighted by atomic mass is 10.1. The van der Waals surface area contributed by atoms with E-state index in [2.05, 4.69) is 5.10 Å². The van der Waals surface area contributed by atoms with Crippen LogP contribution in [0.5, 0.6) is 0 Å². The van der Waals surface area contributed by atoms with E-state index >= 15 is 0 Å². The van der Waals surface area contributed by atoms with E-state index < -0.39 is 0 Å². The van der Waals surface area contributed by atoms with Crippen LogP contribution >= 0.6 is 0 Å². The van der Waals surface area contributed by atoms with E-state index in [1.165, 1.54) is 9.08 Å². The van der Waals surface area contributed by atoms with E-state index in [0.29, 0.717) is 16.6 Å². The molecule has 2 N–H and O–H groups in total. The van der Waals surface area contributed by atoms with Gasteiger partial charge in [-0.25, -0.2) is 8.91 Å². The molecule has 0 saturated carbocycles. The maximum absolute atomic E-state index is 14.1. The van der Waals surface area contributed by atoms with Gasteiger partial charge >= 0.3 is 0 Å². The smallest absolute Gasteiger partial charge is 0.276 e. The van der Waals surface area contributed by atoms with Gasteiger partial charge in [0.15, 0.2) is 0 Å². The summed E-state index contributed by atoms with van der Waals surface area (Å²) in [6.07, 6.45) is 4.81. The quantitative estimate of drug-likeness (QED) is 0.777. The summed E-state index contributed by atoms with van der Waals surface area (Å²) in [7, 11) is 0. The van der Waals surface area contributed by atoms with Gasteiger partial charge in [0, 0.05) is 30.1 Å². The molecule has 0 aliphatic rings. The standard InChI is InChI=1S/C14H13FN4O/c15-13-10(8-16)2-1-3-11(13)9-18-6-7-19-12(14(18)20)4-5-17-19/h1-7H,8-9,16H2. The van der Waals surface area contributed by atoms with E-state index in [9.17, 15) is 9.18 Å². The highest BCUT2D eigenvalue weighted by molar-refractivity contribution is 5.42. The summed E-state index contributed by atoms with van der Waals surface area (Å²) in [6.45, 7) is 0.302. The van der Waals surface area contributed by atoms with Gasteiger partial charge in [0.2, 0.25) is 0 Å². The molecule has 2 heterocycles. The fourth-order valence-corrected chi connectivity index (χ4v) is 2.18. The third-order valence-corrected chi connectivity index (χ3v) is 3.26. The summed E-state index contributed by atoms with van der Waals surface area (Å²) < 4.78 is 17.1. The number of rotatable bonds is 3. The Morgan fingerprint density at radius 1 is 1.20 bits per heavy atom. The molecule has 0 fully saturated rings. The van der Waals surface area contributed by atoms with Gasteiger partial charge in [-0.15, -0.1) is 0 Å². The average Bonchev–Trinajstić information content (AvgIpc) is 2.93. The number of halogens is 1. The SMILES string of the molecule is NCc1cccc(Cn2ccn3nccc3c2=O)c1F. The lowest BCUT2D eigenvalue weighted by molar-refractivity contribution is 0.581. The van der Waals surface area contributed by atoms with Crippen molar-refractivity contribution < 1.29 is 4.39 Å². The van der Waals surface area contributed by atoms with Crippen LogP contribution in [0, 0.1) is 5.82 Å². The largest absolute Gasteiger partial charge is 0.326 e. The van der Waals surface area contributed by atoms with Crippen molar-refractivity contribution in [2.45, 2.75) is 13.1 Å². The van der Waals surface area contributed by atoms with E-state index in [4.69, 9.17) is 5.73 Å². The Morgan fingerprint density at radius 2 is 2.00 bits per heavy atom. The second-order valence-electron chi connectivity index (χ2n) is 4.49. The predicted molar refractivity (Wildman–Crippen MR) is 72.8 cm³/mol. The normalized spacial score (nSPS) is 11.1. The maximum Gasteiger partial charge on any atom is 0.276 e. The summed E-state index contributed by atoms with van der Waals surface area (Å²) >= 11 is 0. The van der Waals surface area contributed by atoms with Crippen LogP contribution in [0.3, 0.4) is 0 Å². The minimum absolute atomic E-state index is 0.135. The van der Waals surface area contributed by atoms with Gasteiger partial charge in [0.1, 0.15) is 11.3 Å². The zero-order chi connectivity index (χ0) is 14.1. The highest BCUT2D eigenvalue weighted by atomic mass is 19.1. The third kappa shape index (κ3) is 2.00. The minimum Gasteiger partial charge on any atom is -0.326 e. The van der Waals surface area contributed by atoms with Crippen LogP contribution in [0.1, 0.15) is 11.1 Å². The van der Waals surface area contributed by atoms with Crippen molar-refractivity contribution in [3.63, 3.8) is 0 Å². The Kier molecular flexibility index (Phi) is 3.08. The van der Waals surface area contributed by atoms with Crippen molar-refractivity contribution in [2.75, 3.05) is 0 Å². The predicted octanol–water partition coefficient (Wildman–Crippen LogP) is 1.14. The van der Waals surface area contributed by atoms with Crippen LogP contribution < -0.4 is 11.3 Å². The number of hydrogen-bond acceptors (Lipinski definition) is 3. The van der Waals surface area contributed by atoms with E-state index in [1.807, 2.05) is 0 Å². The molecule has 6 heteroatoms. The van der Waals surface area contributed by atoms with Gasteiger partial charge < -0.3 is 10.3 Å². The highest BCUT2D eigenvalue weighted by Crippen LogP contribution is 2.13. The third-order valence-electron chi connectivity index (χ3n) is 3.26. The lowest BCUT2D eigenvalue weighted by Crippen LogP contribution is -2.22. The molecule has 2 aromatic heterocycles. The molecule has 0 saturated heterocycles. The Morgan fingerprint density at radius 3 is 2.80 bits per heavy atom. The molecular weight excluding hydrogens is 259 g/mol. The molecule has 0 aliphatic carbocycles. The number of nitrogens with two attached hydrogens (primary N) is 1. The number of nitrogens with zero attached hydrogens (tertiary/aromatic N) is 3. The molecule has 5 nitrogen and oxygen atoms in total. The first-order valence-electron chi connectivity index (χ1n) is 6.20. The van der Waals surface area contributed by atoms with Gasteiger partial charge in [-0.2, -0.15) is 5.10 Å². The molecule has 1 aromatic carbocycles. The molecule has 3 aromatic rings. The second kappa shape index (κ2) is 4.90. The fraction of sp³-hybridized carbons (Fsp3) is 0.143. The first-order valence-corrected chi connectivity index (χ1v) is 6.20. The zero-order valence-corrected chi connectivity index (χ0v) is 10.7. The van der Waals surface area contributed by atoms with Crippen molar-refractivity contribution in [2.24, 2.45) is 5.73 Å².